The number of nitrogens with one attached hydrogen (secondary N) is 2. The number of aromatic nitrogens is 1. The third-order valence-electron chi connectivity index (χ3n) is 2.63. The van der Waals surface area contributed by atoms with Crippen LogP contribution in [0.15, 0.2) is 42.6 Å². The summed E-state index contributed by atoms with van der Waals surface area (Å²) < 4.78 is 0. The Labute approximate surface area is 111 Å². The van der Waals surface area contributed by atoms with Crippen LogP contribution in [0.2, 0.25) is 0 Å². The molecule has 5 heteroatoms. The van der Waals surface area contributed by atoms with Crippen LogP contribution in [0, 0.1) is 0 Å². The predicted octanol–water partition coefficient (Wildman–Crippen LogP) is 1.76. The van der Waals surface area contributed by atoms with Crippen LogP contribution in [0.1, 0.15) is 16.1 Å². The quantitative estimate of drug-likeness (QED) is 0.780. The molecule has 0 saturated heterocycles. The Balaban J connectivity index is 2.03. The number of hydrogen-bond acceptors (Lipinski definition) is 4. The summed E-state index contributed by atoms with van der Waals surface area (Å²) in [6.07, 6.45) is 1.40. The van der Waals surface area contributed by atoms with E-state index >= 15 is 0 Å². The molecule has 5 nitrogen and oxygen atoms in total. The van der Waals surface area contributed by atoms with E-state index in [0.29, 0.717) is 12.1 Å². The monoisotopic (exact) mass is 257 g/mol. The molecule has 1 heterocycles. The molecule has 0 aliphatic heterocycles. The van der Waals surface area contributed by atoms with E-state index in [2.05, 4.69) is 15.6 Å². The van der Waals surface area contributed by atoms with E-state index < -0.39 is 0 Å². The topological polar surface area (TPSA) is 74.2 Å². The number of anilines is 1. The van der Waals surface area contributed by atoms with Crippen molar-refractivity contribution < 1.29 is 9.90 Å². The van der Waals surface area contributed by atoms with E-state index in [9.17, 15) is 4.79 Å². The van der Waals surface area contributed by atoms with Gasteiger partial charge >= 0.3 is 0 Å². The van der Waals surface area contributed by atoms with Crippen molar-refractivity contribution in [2.45, 2.75) is 6.54 Å². The molecule has 1 aromatic heterocycles. The molecule has 0 radical (unpaired) electrons. The summed E-state index contributed by atoms with van der Waals surface area (Å²) in [5.41, 5.74) is 2.25. The summed E-state index contributed by atoms with van der Waals surface area (Å²) in [5.74, 6) is 0.0248. The summed E-state index contributed by atoms with van der Waals surface area (Å²) in [7, 11) is 1.60. The van der Waals surface area contributed by atoms with Gasteiger partial charge in [-0.05, 0) is 30.3 Å². The fourth-order valence-corrected chi connectivity index (χ4v) is 1.63. The van der Waals surface area contributed by atoms with Crippen LogP contribution in [-0.4, -0.2) is 23.0 Å². The van der Waals surface area contributed by atoms with Gasteiger partial charge in [-0.15, -0.1) is 0 Å². The largest absolute Gasteiger partial charge is 0.506 e. The summed E-state index contributed by atoms with van der Waals surface area (Å²) in [5, 5.41) is 14.9. The molecule has 0 atom stereocenters. The van der Waals surface area contributed by atoms with Gasteiger partial charge in [0.1, 0.15) is 5.75 Å². The van der Waals surface area contributed by atoms with Gasteiger partial charge in [0, 0.05) is 18.3 Å². The molecule has 0 spiro atoms. The van der Waals surface area contributed by atoms with Gasteiger partial charge in [0.25, 0.3) is 5.91 Å². The molecule has 2 aromatic rings. The number of rotatable bonds is 4. The third-order valence-corrected chi connectivity index (χ3v) is 2.63. The van der Waals surface area contributed by atoms with Crippen LogP contribution in [0.5, 0.6) is 5.75 Å². The van der Waals surface area contributed by atoms with Crippen molar-refractivity contribution in [2.24, 2.45) is 0 Å². The molecule has 2 rings (SSSR count). The Morgan fingerprint density at radius 2 is 2.16 bits per heavy atom. The van der Waals surface area contributed by atoms with Crippen molar-refractivity contribution in [3.63, 3.8) is 0 Å². The molecule has 0 aliphatic rings. The number of aromatic hydroxyl groups is 1. The van der Waals surface area contributed by atoms with Crippen molar-refractivity contribution in [1.82, 2.24) is 10.3 Å². The maximum absolute atomic E-state index is 11.5. The fraction of sp³-hybridized carbons (Fsp3) is 0.143. The Kier molecular flexibility index (Phi) is 3.97. The van der Waals surface area contributed by atoms with Gasteiger partial charge in [0.05, 0.1) is 18.4 Å². The van der Waals surface area contributed by atoms with Crippen LogP contribution in [0.4, 0.5) is 5.69 Å². The molecule has 19 heavy (non-hydrogen) atoms. The first-order valence-corrected chi connectivity index (χ1v) is 5.89. The minimum Gasteiger partial charge on any atom is -0.506 e. The summed E-state index contributed by atoms with van der Waals surface area (Å²) in [6, 6.07) is 10.6. The van der Waals surface area contributed by atoms with Crippen molar-refractivity contribution in [3.8, 4) is 5.75 Å². The first-order chi connectivity index (χ1) is 9.19. The first kappa shape index (κ1) is 12.9. The normalized spacial score (nSPS) is 9.95. The van der Waals surface area contributed by atoms with Gasteiger partial charge in [-0.1, -0.05) is 6.07 Å². The highest BCUT2D eigenvalue weighted by molar-refractivity contribution is 5.94. The molecule has 0 unspecified atom stereocenters. The number of hydrogen-bond donors (Lipinski definition) is 3. The minimum atomic E-state index is -0.119. The van der Waals surface area contributed by atoms with Gasteiger partial charge < -0.3 is 15.7 Å². The zero-order valence-electron chi connectivity index (χ0n) is 10.6. The number of carbonyl (C=O) groups excluding carboxylic acids is 1. The van der Waals surface area contributed by atoms with Crippen molar-refractivity contribution in [3.05, 3.63) is 53.9 Å². The molecule has 1 amide bonds. The lowest BCUT2D eigenvalue weighted by Gasteiger charge is -2.07. The third kappa shape index (κ3) is 3.45. The Bertz CT molecular complexity index is 567. The van der Waals surface area contributed by atoms with Crippen molar-refractivity contribution >= 4 is 11.6 Å². The van der Waals surface area contributed by atoms with Crippen LogP contribution >= 0.6 is 0 Å². The number of carbonyl (C=O) groups is 1. The first-order valence-electron chi connectivity index (χ1n) is 5.89. The summed E-state index contributed by atoms with van der Waals surface area (Å²) >= 11 is 0. The molecule has 1 aromatic carbocycles. The zero-order chi connectivity index (χ0) is 13.7. The average Bonchev–Trinajstić information content (AvgIpc) is 2.46. The van der Waals surface area contributed by atoms with Gasteiger partial charge in [-0.2, -0.15) is 0 Å². The molecule has 0 aliphatic carbocycles. The Hall–Kier alpha value is -2.56. The highest BCUT2D eigenvalue weighted by Gasteiger charge is 2.03. The molecular weight excluding hydrogens is 242 g/mol. The lowest BCUT2D eigenvalue weighted by atomic mass is 10.2. The van der Waals surface area contributed by atoms with Crippen LogP contribution in [0.3, 0.4) is 0 Å². The zero-order valence-corrected chi connectivity index (χ0v) is 10.6. The number of benzene rings is 1. The van der Waals surface area contributed by atoms with Crippen molar-refractivity contribution in [1.29, 1.82) is 0 Å². The molecule has 3 N–H and O–H groups in total. The lowest BCUT2D eigenvalue weighted by molar-refractivity contribution is 0.0963. The SMILES string of the molecule is CNC(=O)c1cccc(NCc2ccc(O)cn2)c1. The molecule has 0 saturated carbocycles. The number of nitrogens with zero attached hydrogens (tertiary/aromatic N) is 1. The predicted molar refractivity (Wildman–Crippen MR) is 73.1 cm³/mol. The van der Waals surface area contributed by atoms with Gasteiger partial charge in [0.2, 0.25) is 0 Å². The highest BCUT2D eigenvalue weighted by atomic mass is 16.3. The Morgan fingerprint density at radius 1 is 1.32 bits per heavy atom. The van der Waals surface area contributed by atoms with E-state index in [1.807, 2.05) is 12.1 Å². The number of amides is 1. The van der Waals surface area contributed by atoms with Crippen LogP contribution < -0.4 is 10.6 Å². The highest BCUT2D eigenvalue weighted by Crippen LogP contribution is 2.12. The van der Waals surface area contributed by atoms with Crippen LogP contribution in [0.25, 0.3) is 0 Å². The average molecular weight is 257 g/mol. The standard InChI is InChI=1S/C14H15N3O2/c1-15-14(19)10-3-2-4-11(7-10)16-8-12-5-6-13(18)9-17-12/h2-7,9,16,18H,8H2,1H3,(H,15,19). The van der Waals surface area contributed by atoms with E-state index in [-0.39, 0.29) is 11.7 Å². The fourth-order valence-electron chi connectivity index (χ4n) is 1.63. The van der Waals surface area contributed by atoms with Crippen molar-refractivity contribution in [2.75, 3.05) is 12.4 Å². The number of pyridine rings is 1. The molecular formula is C14H15N3O2. The van der Waals surface area contributed by atoms with E-state index in [1.165, 1.54) is 6.20 Å². The van der Waals surface area contributed by atoms with Gasteiger partial charge in [-0.25, -0.2) is 0 Å². The second-order valence-electron chi connectivity index (χ2n) is 4.02. The Morgan fingerprint density at radius 3 is 2.84 bits per heavy atom. The van der Waals surface area contributed by atoms with E-state index in [1.54, 1.807) is 31.3 Å². The van der Waals surface area contributed by atoms with E-state index in [4.69, 9.17) is 5.11 Å². The van der Waals surface area contributed by atoms with Crippen LogP contribution in [-0.2, 0) is 6.54 Å². The summed E-state index contributed by atoms with van der Waals surface area (Å²) in [4.78, 5) is 15.6. The maximum Gasteiger partial charge on any atom is 0.251 e. The van der Waals surface area contributed by atoms with E-state index in [0.717, 1.165) is 11.4 Å². The lowest BCUT2D eigenvalue weighted by Crippen LogP contribution is -2.17. The summed E-state index contributed by atoms with van der Waals surface area (Å²) in [6.45, 7) is 0.525. The second kappa shape index (κ2) is 5.86. The molecule has 0 bridgehead atoms. The smallest absolute Gasteiger partial charge is 0.251 e. The second-order valence-corrected chi connectivity index (χ2v) is 4.02. The van der Waals surface area contributed by atoms with Gasteiger partial charge in [-0.3, -0.25) is 9.78 Å². The minimum absolute atomic E-state index is 0.119. The maximum atomic E-state index is 11.5. The molecule has 98 valence electrons. The molecule has 0 fully saturated rings. The van der Waals surface area contributed by atoms with Gasteiger partial charge in [0.15, 0.2) is 0 Å².